The first-order valence-electron chi connectivity index (χ1n) is 4.81. The van der Waals surface area contributed by atoms with Gasteiger partial charge in [0.2, 0.25) is 0 Å². The summed E-state index contributed by atoms with van der Waals surface area (Å²) in [6, 6.07) is 6.11. The molecule has 0 fully saturated rings. The monoisotopic (exact) mass is 262 g/mol. The Morgan fingerprint density at radius 3 is 3.13 bits per heavy atom. The van der Waals surface area contributed by atoms with Crippen LogP contribution in [0, 0.1) is 18.8 Å². The fraction of sp³-hybridized carbons (Fsp3) is 0.250. The van der Waals surface area contributed by atoms with E-state index in [9.17, 15) is 0 Å². The van der Waals surface area contributed by atoms with Gasteiger partial charge in [-0.3, -0.25) is 5.10 Å². The highest BCUT2D eigenvalue weighted by Crippen LogP contribution is 2.15. The van der Waals surface area contributed by atoms with Crippen LogP contribution < -0.4 is 0 Å². The summed E-state index contributed by atoms with van der Waals surface area (Å²) in [6.07, 6.45) is 0.873. The van der Waals surface area contributed by atoms with Gasteiger partial charge in [0.15, 0.2) is 0 Å². The van der Waals surface area contributed by atoms with Gasteiger partial charge in [-0.25, -0.2) is 0 Å². The molecule has 1 N–H and O–H groups in total. The van der Waals surface area contributed by atoms with E-state index in [1.54, 1.807) is 0 Å². The lowest BCUT2D eigenvalue weighted by molar-refractivity contribution is 1.07. The SMILES string of the molecule is Cc1[nH]nc2cc(C#CCCBr)ccc12. The molecule has 0 unspecified atom stereocenters. The van der Waals surface area contributed by atoms with E-state index in [2.05, 4.69) is 44.0 Å². The molecule has 0 amide bonds. The fourth-order valence-corrected chi connectivity index (χ4v) is 1.63. The van der Waals surface area contributed by atoms with E-state index in [1.807, 2.05) is 19.1 Å². The van der Waals surface area contributed by atoms with Crippen molar-refractivity contribution in [3.8, 4) is 11.8 Å². The van der Waals surface area contributed by atoms with Crippen LogP contribution in [0.2, 0.25) is 0 Å². The molecule has 0 atom stereocenters. The predicted molar refractivity (Wildman–Crippen MR) is 66.1 cm³/mol. The van der Waals surface area contributed by atoms with E-state index in [0.717, 1.165) is 28.5 Å². The zero-order chi connectivity index (χ0) is 10.7. The van der Waals surface area contributed by atoms with Gasteiger partial charge in [-0.05, 0) is 25.1 Å². The minimum Gasteiger partial charge on any atom is -0.282 e. The molecule has 0 saturated carbocycles. The number of hydrogen-bond acceptors (Lipinski definition) is 1. The summed E-state index contributed by atoms with van der Waals surface area (Å²) in [5.74, 6) is 6.20. The van der Waals surface area contributed by atoms with Crippen LogP contribution in [0.3, 0.4) is 0 Å². The number of nitrogens with zero attached hydrogens (tertiary/aromatic N) is 1. The standard InChI is InChI=1S/C12H11BrN2/c1-9-11-6-5-10(4-2-3-7-13)8-12(11)15-14-9/h5-6,8H,3,7H2,1H3,(H,14,15). The van der Waals surface area contributed by atoms with Crippen molar-refractivity contribution in [2.45, 2.75) is 13.3 Å². The maximum Gasteiger partial charge on any atom is 0.0936 e. The van der Waals surface area contributed by atoms with Gasteiger partial charge < -0.3 is 0 Å². The van der Waals surface area contributed by atoms with Crippen LogP contribution in [0.25, 0.3) is 10.9 Å². The molecule has 0 aliphatic heterocycles. The number of halogens is 1. The number of rotatable bonds is 1. The quantitative estimate of drug-likeness (QED) is 0.621. The Bertz CT molecular complexity index is 531. The van der Waals surface area contributed by atoms with Gasteiger partial charge in [0.1, 0.15) is 0 Å². The van der Waals surface area contributed by atoms with Crippen molar-refractivity contribution < 1.29 is 0 Å². The van der Waals surface area contributed by atoms with Gasteiger partial charge in [0, 0.05) is 28.4 Å². The van der Waals surface area contributed by atoms with Gasteiger partial charge in [-0.2, -0.15) is 5.10 Å². The van der Waals surface area contributed by atoms with Crippen LogP contribution in [0.4, 0.5) is 0 Å². The number of fused-ring (bicyclic) bond motifs is 1. The molecule has 0 radical (unpaired) electrons. The Kier molecular flexibility index (Phi) is 3.08. The lowest BCUT2D eigenvalue weighted by Gasteiger charge is -1.91. The van der Waals surface area contributed by atoms with E-state index >= 15 is 0 Å². The zero-order valence-corrected chi connectivity index (χ0v) is 10.1. The van der Waals surface area contributed by atoms with Crippen molar-refractivity contribution in [2.75, 3.05) is 5.33 Å². The van der Waals surface area contributed by atoms with Crippen LogP contribution in [0.1, 0.15) is 17.7 Å². The Labute approximate surface area is 97.2 Å². The fourth-order valence-electron chi connectivity index (χ4n) is 1.44. The Hall–Kier alpha value is -1.27. The van der Waals surface area contributed by atoms with Gasteiger partial charge in [-0.15, -0.1) is 0 Å². The second kappa shape index (κ2) is 4.50. The van der Waals surface area contributed by atoms with Crippen LogP contribution in [0.5, 0.6) is 0 Å². The molecule has 0 spiro atoms. The predicted octanol–water partition coefficient (Wildman–Crippen LogP) is 3.01. The third kappa shape index (κ3) is 2.21. The molecule has 0 bridgehead atoms. The van der Waals surface area contributed by atoms with E-state index in [-0.39, 0.29) is 0 Å². The second-order valence-electron chi connectivity index (χ2n) is 3.32. The third-order valence-electron chi connectivity index (χ3n) is 2.20. The molecule has 2 nitrogen and oxygen atoms in total. The lowest BCUT2D eigenvalue weighted by atomic mass is 10.1. The van der Waals surface area contributed by atoms with E-state index in [4.69, 9.17) is 0 Å². The molecule has 0 aliphatic rings. The Balaban J connectivity index is 2.36. The summed E-state index contributed by atoms with van der Waals surface area (Å²) in [7, 11) is 0. The first-order valence-corrected chi connectivity index (χ1v) is 5.93. The van der Waals surface area contributed by atoms with E-state index in [0.29, 0.717) is 0 Å². The highest BCUT2D eigenvalue weighted by Gasteiger charge is 2.00. The van der Waals surface area contributed by atoms with Gasteiger partial charge in [0.05, 0.1) is 5.52 Å². The number of aryl methyl sites for hydroxylation is 1. The highest BCUT2D eigenvalue weighted by atomic mass is 79.9. The third-order valence-corrected chi connectivity index (χ3v) is 2.59. The lowest BCUT2D eigenvalue weighted by Crippen LogP contribution is -1.76. The van der Waals surface area contributed by atoms with Crippen molar-refractivity contribution in [2.24, 2.45) is 0 Å². The van der Waals surface area contributed by atoms with Crippen LogP contribution >= 0.6 is 15.9 Å². The summed E-state index contributed by atoms with van der Waals surface area (Å²) in [4.78, 5) is 0. The van der Waals surface area contributed by atoms with Crippen molar-refractivity contribution in [1.82, 2.24) is 10.2 Å². The molecule has 3 heteroatoms. The number of aromatic amines is 1. The summed E-state index contributed by atoms with van der Waals surface area (Å²) in [5.41, 5.74) is 3.11. The van der Waals surface area contributed by atoms with Crippen molar-refractivity contribution in [3.63, 3.8) is 0 Å². The molecule has 0 aliphatic carbocycles. The number of hydrogen-bond donors (Lipinski definition) is 1. The summed E-state index contributed by atoms with van der Waals surface area (Å²) in [5, 5.41) is 9.26. The molecular weight excluding hydrogens is 252 g/mol. The molecule has 1 heterocycles. The number of alkyl halides is 1. The average molecular weight is 263 g/mol. The summed E-state index contributed by atoms with van der Waals surface area (Å²) in [6.45, 7) is 2.02. The molecule has 2 rings (SSSR count). The maximum atomic E-state index is 4.21. The first-order chi connectivity index (χ1) is 7.31. The number of aromatic nitrogens is 2. The average Bonchev–Trinajstić information content (AvgIpc) is 2.61. The molecule has 15 heavy (non-hydrogen) atoms. The smallest absolute Gasteiger partial charge is 0.0936 e. The van der Waals surface area contributed by atoms with Crippen molar-refractivity contribution in [3.05, 3.63) is 29.5 Å². The summed E-state index contributed by atoms with van der Waals surface area (Å²) >= 11 is 3.35. The molecule has 2 aromatic rings. The topological polar surface area (TPSA) is 28.7 Å². The molecule has 1 aromatic heterocycles. The number of nitrogens with one attached hydrogen (secondary N) is 1. The molecule has 76 valence electrons. The van der Waals surface area contributed by atoms with Crippen LogP contribution in [0.15, 0.2) is 18.2 Å². The second-order valence-corrected chi connectivity index (χ2v) is 4.11. The normalized spacial score (nSPS) is 10.0. The number of H-pyrrole nitrogens is 1. The minimum atomic E-state index is 0.873. The molecular formula is C12H11BrN2. The molecule has 1 aromatic carbocycles. The number of benzene rings is 1. The van der Waals surface area contributed by atoms with Gasteiger partial charge in [0.25, 0.3) is 0 Å². The maximum absolute atomic E-state index is 4.21. The highest BCUT2D eigenvalue weighted by molar-refractivity contribution is 9.09. The Morgan fingerprint density at radius 2 is 2.33 bits per heavy atom. The van der Waals surface area contributed by atoms with Gasteiger partial charge in [-0.1, -0.05) is 27.8 Å². The minimum absolute atomic E-state index is 0.873. The first kappa shape index (κ1) is 10.3. The zero-order valence-electron chi connectivity index (χ0n) is 8.47. The van der Waals surface area contributed by atoms with Crippen LogP contribution in [-0.4, -0.2) is 15.5 Å². The summed E-state index contributed by atoms with van der Waals surface area (Å²) < 4.78 is 0. The molecule has 0 saturated heterocycles. The Morgan fingerprint density at radius 1 is 1.47 bits per heavy atom. The largest absolute Gasteiger partial charge is 0.282 e. The van der Waals surface area contributed by atoms with Crippen molar-refractivity contribution in [1.29, 1.82) is 0 Å². The van der Waals surface area contributed by atoms with E-state index in [1.165, 1.54) is 5.39 Å². The van der Waals surface area contributed by atoms with Crippen molar-refractivity contribution >= 4 is 26.8 Å². The van der Waals surface area contributed by atoms with E-state index < -0.39 is 0 Å². The van der Waals surface area contributed by atoms with Crippen LogP contribution in [-0.2, 0) is 0 Å². The van der Waals surface area contributed by atoms with Gasteiger partial charge >= 0.3 is 0 Å².